The van der Waals surface area contributed by atoms with Gasteiger partial charge in [-0.15, -0.1) is 0 Å². The van der Waals surface area contributed by atoms with Crippen LogP contribution in [0.25, 0.3) is 11.0 Å². The average molecular weight is 757 g/mol. The van der Waals surface area contributed by atoms with Gasteiger partial charge in [-0.05, 0) is 56.3 Å². The first-order valence-electron chi connectivity index (χ1n) is 16.5. The van der Waals surface area contributed by atoms with Crippen molar-refractivity contribution in [3.8, 4) is 11.8 Å². The number of aromatic nitrogens is 4. The van der Waals surface area contributed by atoms with E-state index in [2.05, 4.69) is 119 Å². The van der Waals surface area contributed by atoms with E-state index in [-0.39, 0.29) is 23.6 Å². The Hall–Kier alpha value is -4.77. The van der Waals surface area contributed by atoms with Crippen molar-refractivity contribution in [2.24, 2.45) is 0 Å². The van der Waals surface area contributed by atoms with E-state index < -0.39 is 14.4 Å². The molecule has 1 amide bonds. The van der Waals surface area contributed by atoms with E-state index in [4.69, 9.17) is 14.3 Å². The molecule has 1 atom stereocenters. The van der Waals surface area contributed by atoms with Crippen molar-refractivity contribution in [3.05, 3.63) is 94.6 Å². The maximum atomic E-state index is 11.7. The number of nitrogens with one attached hydrogen (secondary N) is 2. The van der Waals surface area contributed by atoms with Crippen molar-refractivity contribution in [1.29, 1.82) is 5.26 Å². The molecule has 3 N–H and O–H groups in total. The summed E-state index contributed by atoms with van der Waals surface area (Å²) >= 11 is 3.53. The highest BCUT2D eigenvalue weighted by Gasteiger charge is 2.50. The van der Waals surface area contributed by atoms with Crippen molar-refractivity contribution in [1.82, 2.24) is 19.7 Å². The predicted molar refractivity (Wildman–Crippen MR) is 202 cm³/mol. The molecular weight excluding hydrogens is 714 g/mol. The molecule has 0 fully saturated rings. The van der Waals surface area contributed by atoms with E-state index in [9.17, 15) is 15.2 Å². The van der Waals surface area contributed by atoms with Gasteiger partial charge in [0.25, 0.3) is 8.32 Å². The first-order chi connectivity index (χ1) is 24.0. The first kappa shape index (κ1) is 36.5. The number of amides is 1. The number of halogens is 1. The van der Waals surface area contributed by atoms with Crippen LogP contribution in [0.5, 0.6) is 5.75 Å². The average Bonchev–Trinajstić information content (AvgIpc) is 3.41. The number of fused-ring (bicyclic) bond motifs is 1. The lowest BCUT2D eigenvalue weighted by atomic mass is 10.1. The molecule has 1 unspecified atom stereocenters. The zero-order valence-electron chi connectivity index (χ0n) is 28.9. The van der Waals surface area contributed by atoms with Gasteiger partial charge in [0.1, 0.15) is 16.8 Å². The maximum absolute atomic E-state index is 11.7. The quantitative estimate of drug-likeness (QED) is 0.101. The van der Waals surface area contributed by atoms with Gasteiger partial charge < -0.3 is 19.6 Å². The highest BCUT2D eigenvalue weighted by molar-refractivity contribution is 9.10. The van der Waals surface area contributed by atoms with Crippen molar-refractivity contribution < 1.29 is 19.1 Å². The zero-order valence-corrected chi connectivity index (χ0v) is 31.5. The van der Waals surface area contributed by atoms with Crippen LogP contribution >= 0.6 is 15.9 Å². The summed E-state index contributed by atoms with van der Waals surface area (Å²) in [6.45, 7) is 9.69. The molecule has 0 aliphatic rings. The van der Waals surface area contributed by atoms with Crippen LogP contribution in [0.15, 0.2) is 83.5 Å². The minimum Gasteiger partial charge on any atom is -0.496 e. The number of rotatable bonds is 14. The van der Waals surface area contributed by atoms with Crippen LogP contribution < -0.4 is 25.7 Å². The number of methoxy groups -OCH3 is 1. The minimum absolute atomic E-state index is 0.0671. The van der Waals surface area contributed by atoms with E-state index in [0.717, 1.165) is 18.4 Å². The third-order valence-corrected chi connectivity index (χ3v) is 14.3. The summed E-state index contributed by atoms with van der Waals surface area (Å²) in [6.07, 6.45) is 1.11. The number of carbonyl (C=O) groups is 1. The number of hydrogen-bond acceptors (Lipinski definition) is 8. The Bertz CT molecular complexity index is 1940. The van der Waals surface area contributed by atoms with Gasteiger partial charge in [-0.3, -0.25) is 10.00 Å². The third-order valence-electron chi connectivity index (χ3n) is 8.68. The Kier molecular flexibility index (Phi) is 11.6. The molecule has 2 aromatic heterocycles. The topological polar surface area (TPSA) is 147 Å². The molecule has 0 aliphatic carbocycles. The molecule has 260 valence electrons. The number of nitrogens with zero attached hydrogens (tertiary/aromatic N) is 5. The molecule has 0 saturated heterocycles. The Balaban J connectivity index is 1.51. The van der Waals surface area contributed by atoms with Crippen LogP contribution in [-0.4, -0.2) is 59.0 Å². The number of hydrogen-bond donors (Lipinski definition) is 3. The number of carboxylic acid groups (broad SMARTS) is 1. The van der Waals surface area contributed by atoms with E-state index in [1.165, 1.54) is 10.4 Å². The summed E-state index contributed by atoms with van der Waals surface area (Å²) < 4.78 is 15.0. The van der Waals surface area contributed by atoms with Crippen LogP contribution in [0.3, 0.4) is 0 Å². The highest BCUT2D eigenvalue weighted by Crippen LogP contribution is 2.37. The number of benzene rings is 3. The third kappa shape index (κ3) is 7.83. The summed E-state index contributed by atoms with van der Waals surface area (Å²) in [5, 5.41) is 31.8. The van der Waals surface area contributed by atoms with Gasteiger partial charge in [0, 0.05) is 18.2 Å². The Labute approximate surface area is 301 Å². The highest BCUT2D eigenvalue weighted by atomic mass is 79.9. The van der Waals surface area contributed by atoms with E-state index in [0.29, 0.717) is 45.8 Å². The van der Waals surface area contributed by atoms with Gasteiger partial charge in [0.05, 0.1) is 25.3 Å². The van der Waals surface area contributed by atoms with Crippen molar-refractivity contribution in [2.75, 3.05) is 24.4 Å². The van der Waals surface area contributed by atoms with Gasteiger partial charge in [-0.1, -0.05) is 101 Å². The SMILES string of the molecule is CCCC(CCO[Si](c1ccccc1)(c1ccccc1)C(C)(C)C)Nc1nc(NC(=O)O)nc2c(Br)nn(Cc3ccc(C#N)cc3OC)c12. The lowest BCUT2D eigenvalue weighted by molar-refractivity contribution is 0.209. The van der Waals surface area contributed by atoms with Gasteiger partial charge in [0.2, 0.25) is 5.95 Å². The zero-order chi connectivity index (χ0) is 35.9. The second kappa shape index (κ2) is 15.8. The summed E-state index contributed by atoms with van der Waals surface area (Å²) in [5.41, 5.74) is 2.31. The monoisotopic (exact) mass is 755 g/mol. The molecule has 13 heteroatoms. The molecule has 0 saturated carbocycles. The van der Waals surface area contributed by atoms with Crippen molar-refractivity contribution in [2.45, 2.75) is 64.6 Å². The molecule has 50 heavy (non-hydrogen) atoms. The molecule has 0 bridgehead atoms. The Morgan fingerprint density at radius 1 is 1.04 bits per heavy atom. The molecule has 3 aromatic carbocycles. The summed E-state index contributed by atoms with van der Waals surface area (Å²) in [5.74, 6) is 0.920. The second-order valence-corrected chi connectivity index (χ2v) is 18.1. The lowest BCUT2D eigenvalue weighted by Gasteiger charge is -2.43. The molecule has 2 heterocycles. The maximum Gasteiger partial charge on any atom is 0.411 e. The summed E-state index contributed by atoms with van der Waals surface area (Å²) in [4.78, 5) is 20.8. The minimum atomic E-state index is -2.75. The Morgan fingerprint density at radius 2 is 1.70 bits per heavy atom. The first-order valence-corrected chi connectivity index (χ1v) is 19.2. The second-order valence-electron chi connectivity index (χ2n) is 13.0. The number of nitriles is 1. The molecule has 5 rings (SSSR count). The molecule has 0 radical (unpaired) electrons. The molecule has 0 spiro atoms. The summed E-state index contributed by atoms with van der Waals surface area (Å²) in [6, 6.07) is 28.4. The number of ether oxygens (including phenoxy) is 1. The molecule has 5 aromatic rings. The van der Waals surface area contributed by atoms with Crippen molar-refractivity contribution >= 4 is 63.5 Å². The normalized spacial score (nSPS) is 12.3. The van der Waals surface area contributed by atoms with E-state index in [1.54, 1.807) is 23.9 Å². The van der Waals surface area contributed by atoms with E-state index >= 15 is 0 Å². The van der Waals surface area contributed by atoms with Gasteiger partial charge in [-0.25, -0.2) is 9.78 Å². The van der Waals surface area contributed by atoms with E-state index in [1.807, 2.05) is 18.2 Å². The largest absolute Gasteiger partial charge is 0.496 e. The fraction of sp³-hybridized carbons (Fsp3) is 0.324. The fourth-order valence-electron chi connectivity index (χ4n) is 6.47. The van der Waals surface area contributed by atoms with Crippen LogP contribution in [-0.2, 0) is 11.0 Å². The predicted octanol–water partition coefficient (Wildman–Crippen LogP) is 7.15. The lowest BCUT2D eigenvalue weighted by Crippen LogP contribution is -2.66. The molecule has 11 nitrogen and oxygen atoms in total. The molecule has 0 aliphatic heterocycles. The van der Waals surface area contributed by atoms with Crippen LogP contribution in [0, 0.1) is 11.3 Å². The van der Waals surface area contributed by atoms with Crippen LogP contribution in [0.2, 0.25) is 5.04 Å². The number of anilines is 2. The van der Waals surface area contributed by atoms with Crippen molar-refractivity contribution in [3.63, 3.8) is 0 Å². The van der Waals surface area contributed by atoms with Gasteiger partial charge in [0.15, 0.2) is 10.4 Å². The standard InChI is InChI=1S/C37H42BrN7O4Si/c1-6-13-27(20-21-49-50(37(2,3)4,28-14-9-7-10-15-28)29-16-11-8-12-17-29)40-34-32-31(41-35(42-34)43-36(46)47)33(38)44-45(32)24-26-19-18-25(23-39)22-30(26)48-5/h7-12,14-19,22,27H,6,13,20-21,24H2,1-5H3,(H,46,47)(H2,40,41,42,43). The van der Waals surface area contributed by atoms with Crippen LogP contribution in [0.1, 0.15) is 58.1 Å². The van der Waals surface area contributed by atoms with Gasteiger partial charge in [-0.2, -0.15) is 15.3 Å². The van der Waals surface area contributed by atoms with Gasteiger partial charge >= 0.3 is 6.09 Å². The summed E-state index contributed by atoms with van der Waals surface area (Å²) in [7, 11) is -1.19. The Morgan fingerprint density at radius 3 is 2.26 bits per heavy atom. The van der Waals surface area contributed by atoms with Crippen LogP contribution in [0.4, 0.5) is 16.6 Å². The fourth-order valence-corrected chi connectivity index (χ4v) is 11.5. The molecular formula is C37H42BrN7O4Si. The smallest absolute Gasteiger partial charge is 0.411 e.